The summed E-state index contributed by atoms with van der Waals surface area (Å²) >= 11 is 0. The zero-order chi connectivity index (χ0) is 31.5. The number of hydrogen-bond acceptors (Lipinski definition) is 8. The van der Waals surface area contributed by atoms with Crippen LogP contribution in [-0.2, 0) is 30.3 Å². The maximum atomic E-state index is 14.3. The molecule has 42 heavy (non-hydrogen) atoms. The summed E-state index contributed by atoms with van der Waals surface area (Å²) in [6, 6.07) is 6.69. The van der Waals surface area contributed by atoms with Gasteiger partial charge in [0.2, 0.25) is 23.3 Å². The quantitative estimate of drug-likeness (QED) is 0.247. The van der Waals surface area contributed by atoms with Crippen molar-refractivity contribution in [3.8, 4) is 0 Å². The molecule has 0 saturated carbocycles. The van der Waals surface area contributed by atoms with Crippen LogP contribution in [0.3, 0.4) is 0 Å². The standard InChI is InChI=1S/C29H43N5O8/c1-18(36)21(22(30)37)32-24(39)28(16-19-10-6-5-7-11-19)13-9-15-34(28)23(38)20-12-8-14-33(20)25(40)29(17-35,27(2,3)4)42-26(31)41/h5-7,10-11,18,20-21,35-36H,8-9,12-17H2,1-4H3,(H2,30,37)(H2,31,41)(H,32,39)/t18-,20?,21+,28+,29+/m1/s1. The van der Waals surface area contributed by atoms with Gasteiger partial charge < -0.3 is 41.5 Å². The van der Waals surface area contributed by atoms with E-state index in [0.29, 0.717) is 12.8 Å². The molecule has 5 amide bonds. The molecule has 1 aromatic carbocycles. The van der Waals surface area contributed by atoms with Crippen LogP contribution in [0.1, 0.15) is 58.9 Å². The van der Waals surface area contributed by atoms with Crippen LogP contribution in [-0.4, -0.2) is 98.8 Å². The van der Waals surface area contributed by atoms with Gasteiger partial charge in [-0.1, -0.05) is 51.1 Å². The fraction of sp³-hybridized carbons (Fsp3) is 0.621. The molecule has 0 aromatic heterocycles. The van der Waals surface area contributed by atoms with Crippen LogP contribution in [0.25, 0.3) is 0 Å². The number of ether oxygens (including phenoxy) is 1. The molecule has 0 aliphatic carbocycles. The molecular weight excluding hydrogens is 546 g/mol. The van der Waals surface area contributed by atoms with Gasteiger partial charge in [0.15, 0.2) is 0 Å². The average Bonchev–Trinajstić information content (AvgIpc) is 3.57. The van der Waals surface area contributed by atoms with E-state index in [1.54, 1.807) is 32.9 Å². The first-order valence-electron chi connectivity index (χ1n) is 14.2. The van der Waals surface area contributed by atoms with E-state index in [1.165, 1.54) is 16.7 Å². The molecule has 0 spiro atoms. The molecule has 7 N–H and O–H groups in total. The summed E-state index contributed by atoms with van der Waals surface area (Å²) in [5, 5.41) is 23.0. The zero-order valence-corrected chi connectivity index (χ0v) is 24.7. The predicted molar refractivity (Wildman–Crippen MR) is 151 cm³/mol. The van der Waals surface area contributed by atoms with Gasteiger partial charge in [-0.05, 0) is 38.2 Å². The minimum absolute atomic E-state index is 0.116. The maximum Gasteiger partial charge on any atom is 0.405 e. The number of aliphatic hydroxyl groups excluding tert-OH is 2. The summed E-state index contributed by atoms with van der Waals surface area (Å²) in [7, 11) is 0. The fourth-order valence-electron chi connectivity index (χ4n) is 6.04. The van der Waals surface area contributed by atoms with E-state index in [2.05, 4.69) is 5.32 Å². The molecule has 232 valence electrons. The van der Waals surface area contributed by atoms with E-state index in [4.69, 9.17) is 16.2 Å². The highest BCUT2D eigenvalue weighted by atomic mass is 16.6. The second kappa shape index (κ2) is 12.7. The van der Waals surface area contributed by atoms with Crippen molar-refractivity contribution in [3.05, 3.63) is 35.9 Å². The number of carbonyl (C=O) groups is 5. The van der Waals surface area contributed by atoms with E-state index in [-0.39, 0.29) is 32.4 Å². The number of hydrogen-bond donors (Lipinski definition) is 5. The largest absolute Gasteiger partial charge is 0.430 e. The highest BCUT2D eigenvalue weighted by molar-refractivity contribution is 5.98. The van der Waals surface area contributed by atoms with Gasteiger partial charge in [-0.3, -0.25) is 19.2 Å². The normalized spacial score (nSPS) is 23.5. The molecule has 13 heteroatoms. The third-order valence-electron chi connectivity index (χ3n) is 8.45. The van der Waals surface area contributed by atoms with Crippen molar-refractivity contribution >= 4 is 29.7 Å². The number of primary amides is 2. The molecular formula is C29H43N5O8. The summed E-state index contributed by atoms with van der Waals surface area (Å²) < 4.78 is 5.27. The van der Waals surface area contributed by atoms with Crippen molar-refractivity contribution in [1.82, 2.24) is 15.1 Å². The second-order valence-corrected chi connectivity index (χ2v) is 12.2. The Kier molecular flexibility index (Phi) is 9.88. The van der Waals surface area contributed by atoms with Crippen molar-refractivity contribution in [2.75, 3.05) is 19.7 Å². The summed E-state index contributed by atoms with van der Waals surface area (Å²) in [5.74, 6) is -2.81. The first kappa shape index (κ1) is 32.8. The van der Waals surface area contributed by atoms with Crippen LogP contribution in [0, 0.1) is 5.41 Å². The van der Waals surface area contributed by atoms with Crippen molar-refractivity contribution in [3.63, 3.8) is 0 Å². The van der Waals surface area contributed by atoms with Crippen LogP contribution in [0.5, 0.6) is 0 Å². The minimum Gasteiger partial charge on any atom is -0.430 e. The number of aliphatic hydroxyl groups is 2. The van der Waals surface area contributed by atoms with Gasteiger partial charge in [-0.15, -0.1) is 0 Å². The molecule has 0 bridgehead atoms. The molecule has 2 saturated heterocycles. The molecule has 13 nitrogen and oxygen atoms in total. The Morgan fingerprint density at radius 3 is 2.26 bits per heavy atom. The van der Waals surface area contributed by atoms with E-state index in [9.17, 15) is 34.2 Å². The topological polar surface area (TPSA) is 206 Å². The smallest absolute Gasteiger partial charge is 0.405 e. The molecule has 2 heterocycles. The maximum absolute atomic E-state index is 14.3. The summed E-state index contributed by atoms with van der Waals surface area (Å²) in [6.07, 6.45) is -0.928. The van der Waals surface area contributed by atoms with Gasteiger partial charge >= 0.3 is 6.09 Å². The molecule has 2 aliphatic rings. The van der Waals surface area contributed by atoms with Crippen molar-refractivity contribution in [2.24, 2.45) is 16.9 Å². The highest BCUT2D eigenvalue weighted by Gasteiger charge is 2.58. The van der Waals surface area contributed by atoms with E-state index in [0.717, 1.165) is 5.56 Å². The molecule has 5 atom stereocenters. The van der Waals surface area contributed by atoms with Crippen molar-refractivity contribution in [2.45, 2.75) is 89.1 Å². The van der Waals surface area contributed by atoms with Gasteiger partial charge in [0.25, 0.3) is 5.91 Å². The molecule has 1 aromatic rings. The Morgan fingerprint density at radius 2 is 1.74 bits per heavy atom. The first-order valence-corrected chi connectivity index (χ1v) is 14.2. The number of carbonyl (C=O) groups excluding carboxylic acids is 5. The van der Waals surface area contributed by atoms with E-state index >= 15 is 0 Å². The Labute approximate surface area is 245 Å². The zero-order valence-electron chi connectivity index (χ0n) is 24.7. The monoisotopic (exact) mass is 589 g/mol. The Balaban J connectivity index is 2.03. The number of amides is 5. The van der Waals surface area contributed by atoms with Gasteiger partial charge in [0, 0.05) is 24.9 Å². The number of nitrogens with zero attached hydrogens (tertiary/aromatic N) is 2. The minimum atomic E-state index is -2.04. The van der Waals surface area contributed by atoms with Crippen molar-refractivity contribution in [1.29, 1.82) is 0 Å². The van der Waals surface area contributed by atoms with Gasteiger partial charge in [0.05, 0.1) is 12.7 Å². The van der Waals surface area contributed by atoms with E-state index < -0.39 is 71.1 Å². The summed E-state index contributed by atoms with van der Waals surface area (Å²) in [6.45, 7) is 5.68. The molecule has 3 rings (SSSR count). The third kappa shape index (κ3) is 6.21. The fourth-order valence-corrected chi connectivity index (χ4v) is 6.04. The lowest BCUT2D eigenvalue weighted by atomic mass is 9.75. The number of nitrogens with one attached hydrogen (secondary N) is 1. The molecule has 0 radical (unpaired) electrons. The third-order valence-corrected chi connectivity index (χ3v) is 8.45. The Bertz CT molecular complexity index is 1190. The Morgan fingerprint density at radius 1 is 1.10 bits per heavy atom. The van der Waals surface area contributed by atoms with Crippen molar-refractivity contribution < 1.29 is 38.9 Å². The lowest BCUT2D eigenvalue weighted by molar-refractivity contribution is -0.174. The number of benzene rings is 1. The van der Waals surface area contributed by atoms with Crippen LogP contribution < -0.4 is 16.8 Å². The first-order chi connectivity index (χ1) is 19.6. The van der Waals surface area contributed by atoms with Gasteiger partial charge in [0.1, 0.15) is 17.6 Å². The lowest BCUT2D eigenvalue weighted by Gasteiger charge is -2.45. The number of rotatable bonds is 10. The predicted octanol–water partition coefficient (Wildman–Crippen LogP) is -0.195. The molecule has 2 fully saturated rings. The lowest BCUT2D eigenvalue weighted by Crippen LogP contribution is -2.66. The molecule has 2 aliphatic heterocycles. The Hall–Kier alpha value is -3.71. The SMILES string of the molecule is C[C@@H](O)[C@H](NC(=O)[C@@]1(Cc2ccccc2)CCCN1C(=O)C1CCCN1C(=O)[C@](CO)(OC(N)=O)C(C)(C)C)C(N)=O. The summed E-state index contributed by atoms with van der Waals surface area (Å²) in [4.78, 5) is 68.9. The molecule has 1 unspecified atom stereocenters. The van der Waals surface area contributed by atoms with Crippen LogP contribution in [0.2, 0.25) is 0 Å². The van der Waals surface area contributed by atoms with Gasteiger partial charge in [-0.2, -0.15) is 0 Å². The van der Waals surface area contributed by atoms with Crippen LogP contribution in [0.15, 0.2) is 30.3 Å². The highest BCUT2D eigenvalue weighted by Crippen LogP contribution is 2.40. The van der Waals surface area contributed by atoms with Gasteiger partial charge in [-0.25, -0.2) is 4.79 Å². The average molecular weight is 590 g/mol. The number of nitrogens with two attached hydrogens (primary N) is 2. The summed E-state index contributed by atoms with van der Waals surface area (Å²) in [5.41, 5.74) is 6.93. The van der Waals surface area contributed by atoms with Crippen LogP contribution >= 0.6 is 0 Å². The van der Waals surface area contributed by atoms with Crippen LogP contribution in [0.4, 0.5) is 4.79 Å². The number of likely N-dealkylation sites (tertiary alicyclic amines) is 2. The second-order valence-electron chi connectivity index (χ2n) is 12.2. The van der Waals surface area contributed by atoms with E-state index in [1.807, 2.05) is 18.2 Å².